The van der Waals surface area contributed by atoms with E-state index in [1.54, 1.807) is 171 Å². The number of nitrogens with two attached hydrogens (primary N) is 1. The highest BCUT2D eigenvalue weighted by atomic mass is 32.2. The molecule has 0 spiro atoms. The topological polar surface area (TPSA) is 582 Å². The van der Waals surface area contributed by atoms with Crippen molar-refractivity contribution in [2.45, 2.75) is 34.2 Å². The maximum atomic E-state index is 12.5. The van der Waals surface area contributed by atoms with E-state index in [1.807, 2.05) is 61.5 Å². The number of methoxy groups -OCH3 is 1. The van der Waals surface area contributed by atoms with Crippen LogP contribution in [0.4, 0.5) is 42.7 Å². The Bertz CT molecular complexity index is 6610. The molecule has 0 radical (unpaired) electrons. The number of thiophene rings is 3. The molecular formula is C80H68N30O10S9. The van der Waals surface area contributed by atoms with Crippen molar-refractivity contribution in [3.05, 3.63) is 262 Å². The molecule has 8 heterocycles. The van der Waals surface area contributed by atoms with Gasteiger partial charge in [0.25, 0.3) is 0 Å². The van der Waals surface area contributed by atoms with Crippen LogP contribution in [0.3, 0.4) is 0 Å². The molecular weight excluding hydrogens is 1830 g/mol. The zero-order valence-electron chi connectivity index (χ0n) is 68.5. The maximum Gasteiger partial charge on any atom is 0.362 e. The predicted octanol–water partition coefficient (Wildman–Crippen LogP) is 14.9. The second-order valence-corrected chi connectivity index (χ2v) is 33.5. The van der Waals surface area contributed by atoms with Crippen molar-refractivity contribution in [2.75, 3.05) is 65.9 Å². The van der Waals surface area contributed by atoms with Crippen molar-refractivity contribution in [2.24, 2.45) is 41.5 Å². The number of hydrogen-bond acceptors (Lipinski definition) is 46. The smallest absolute Gasteiger partial charge is 0.362 e. The fraction of sp³-hybridized carbons (Fsp3) is 0.125. The molecule has 13 aromatic rings. The summed E-state index contributed by atoms with van der Waals surface area (Å²) in [4.78, 5) is 95.2. The van der Waals surface area contributed by atoms with Gasteiger partial charge in [-0.05, 0) is 99.9 Å². The number of Topliss-reactive ketones (excluding diaryl/α,β-unsaturated/α-hetero) is 5. The fourth-order valence-corrected chi connectivity index (χ4v) is 14.4. The largest absolute Gasteiger partial charge is 0.505 e. The quantitative estimate of drug-likeness (QED) is 0.00303. The predicted molar refractivity (Wildman–Crippen MR) is 499 cm³/mol. The average Bonchev–Trinajstić information content (AvgIpc) is 1.76. The van der Waals surface area contributed by atoms with Crippen LogP contribution in [0.5, 0.6) is 0 Å². The third-order valence-corrected chi connectivity index (χ3v) is 21.7. The van der Waals surface area contributed by atoms with Gasteiger partial charge in [0, 0.05) is 87.2 Å². The molecule has 0 saturated carbocycles. The zero-order chi connectivity index (χ0) is 93.2. The minimum atomic E-state index is -3.40. The third kappa shape index (κ3) is 32.2. The molecule has 129 heavy (non-hydrogen) atoms. The number of nitrogens with one attached hydrogen (secondary N) is 6. The lowest BCUT2D eigenvalue weighted by molar-refractivity contribution is -0.136. The van der Waals surface area contributed by atoms with Gasteiger partial charge in [-0.2, -0.15) is 69.0 Å². The van der Waals surface area contributed by atoms with Crippen molar-refractivity contribution < 1.29 is 47.0 Å². The molecule has 0 fully saturated rings. The van der Waals surface area contributed by atoms with Crippen LogP contribution in [0.1, 0.15) is 83.3 Å². The molecule has 652 valence electrons. The average molecular weight is 1900 g/mol. The summed E-state index contributed by atoms with van der Waals surface area (Å²) in [5, 5.41) is 88.8. The Morgan fingerprint density at radius 1 is 0.535 bits per heavy atom. The lowest BCUT2D eigenvalue weighted by Gasteiger charge is -2.11. The normalized spacial score (nSPS) is 11.4. The van der Waals surface area contributed by atoms with Gasteiger partial charge < -0.3 is 20.5 Å². The van der Waals surface area contributed by atoms with Crippen LogP contribution in [0, 0.1) is 79.6 Å². The van der Waals surface area contributed by atoms with Crippen LogP contribution in [-0.4, -0.2) is 164 Å². The number of rotatable bonds is 30. The first kappa shape index (κ1) is 98.9. The van der Waals surface area contributed by atoms with Crippen LogP contribution in [0.2, 0.25) is 0 Å². The molecule has 0 aliphatic heterocycles. The van der Waals surface area contributed by atoms with E-state index in [0.717, 1.165) is 51.4 Å². The van der Waals surface area contributed by atoms with Gasteiger partial charge in [-0.15, -0.1) is 54.4 Å². The Labute approximate surface area is 768 Å². The molecule has 0 saturated heterocycles. The summed E-state index contributed by atoms with van der Waals surface area (Å²) in [6.45, 7) is 14.7. The number of para-hydroxylation sites is 1. The van der Waals surface area contributed by atoms with E-state index in [0.29, 0.717) is 106 Å². The van der Waals surface area contributed by atoms with Gasteiger partial charge in [-0.3, -0.25) is 39.5 Å². The Morgan fingerprint density at radius 3 is 1.47 bits per heavy atom. The molecule has 0 aliphatic rings. The molecule has 49 heteroatoms. The summed E-state index contributed by atoms with van der Waals surface area (Å²) in [7, 11) is 1.58. The summed E-state index contributed by atoms with van der Waals surface area (Å²) >= 11 is 9.38. The monoisotopic (exact) mass is 1900 g/mol. The first-order valence-corrected chi connectivity index (χ1v) is 44.8. The Balaban J connectivity index is 0.000000192. The summed E-state index contributed by atoms with van der Waals surface area (Å²) in [6, 6.07) is 54.8. The SMILES string of the molecule is COC(=O)C(N=Nc1nc(C)ns1)=C(O)c1ccccc1.CS(=O)(=O)Nc1cccc(-c2nsc(N/N=C(\C#N)C(=O)c3cccs3)n2)c1.Cc1nnc(N/N=C(\C#N)C(=O)c2cccs2)s1.Cc1nsc(N/N=C(\CN(C)C)C(=O)c2ccccc2)n1.N#C/C(=N\Nc1ccccc1CN)C(=O)c1cccs1.[C-]#[N+]c1ccc(C(=O)/C(C#N)=N/Nc2nc(C)ns2)cc1. The van der Waals surface area contributed by atoms with Crippen LogP contribution in [0.15, 0.2) is 227 Å². The standard InChI is InChI=1S/C16H12N6O3S3.C14H17N5OS.C14H12N4OS.C13H8N6OS.C13H12N4O3S.C10H7N5OS2/c1-28(24,25)22-11-5-2-4-10(8-11)15-18-16(27-21-15)20-19-12(9-17)14(23)13-6-3-7-26-13;1-10-15-14(21-18-10)17-16-12(9-19(2)3)13(20)11-7-5-4-6-8-11;15-8-10-4-1-2-5-11(10)17-18-12(9-16)14(19)13-6-3-7-20-13;1-8-16-13(21-19-8)18-17-11(7-14)12(20)9-3-5-10(15-2)6-4-9;1-8-14-13(21-17-8)16-15-10(12(19)20-2)11(18)9-6-4-3-5-7-9;1-6-12-14-10(18-6)15-13-7(5-11)9(16)8-3-2-4-17-8/h2-8,22H,1H3,(H,18,20,21);4-8H,9H2,1-3H3,(H,15,17,18);1-7,17H,8,15H2;3-6H,1H3,(H,16,18,19);3-7,18H,1-2H3;2-4H,1H3,(H,14,15)/b19-12+;16-12+;18-12+;17-11+;;13-7+. The molecule has 8 aromatic heterocycles. The third-order valence-electron chi connectivity index (χ3n) is 15.0. The number of carbonyl (C=O) groups excluding carboxylic acids is 6. The van der Waals surface area contributed by atoms with Crippen LogP contribution in [-0.2, 0) is 26.1 Å². The van der Waals surface area contributed by atoms with Gasteiger partial charge in [0.1, 0.15) is 52.5 Å². The van der Waals surface area contributed by atoms with Gasteiger partial charge in [0.15, 0.2) is 17.3 Å². The molecule has 13 rings (SSSR count). The highest BCUT2D eigenvalue weighted by molar-refractivity contribution is 7.92. The van der Waals surface area contributed by atoms with Crippen molar-refractivity contribution in [3.63, 3.8) is 0 Å². The van der Waals surface area contributed by atoms with E-state index in [2.05, 4.69) is 125 Å². The van der Waals surface area contributed by atoms with E-state index in [-0.39, 0.29) is 61.7 Å². The number of aliphatic hydroxyl groups excluding tert-OH is 1. The number of hydrazone groups is 5. The highest BCUT2D eigenvalue weighted by Crippen LogP contribution is 2.27. The highest BCUT2D eigenvalue weighted by Gasteiger charge is 2.22. The zero-order valence-corrected chi connectivity index (χ0v) is 75.8. The second-order valence-electron chi connectivity index (χ2n) is 24.8. The van der Waals surface area contributed by atoms with E-state index >= 15 is 0 Å². The first-order chi connectivity index (χ1) is 62.1. The molecule has 0 bridgehead atoms. The summed E-state index contributed by atoms with van der Waals surface area (Å²) in [5.74, 6) is -0.823. The lowest BCUT2D eigenvalue weighted by Crippen LogP contribution is -2.29. The van der Waals surface area contributed by atoms with E-state index in [9.17, 15) is 42.3 Å². The molecule has 5 aromatic carbocycles. The molecule has 40 nitrogen and oxygen atoms in total. The van der Waals surface area contributed by atoms with Gasteiger partial charge in [0.2, 0.25) is 93.1 Å². The van der Waals surface area contributed by atoms with Gasteiger partial charge in [-0.25, -0.2) is 49.3 Å². The Hall–Kier alpha value is -15.6. The number of ketones is 5. The number of esters is 1. The Kier molecular flexibility index (Phi) is 39.1. The number of carbonyl (C=O) groups is 6. The minimum Gasteiger partial charge on any atom is -0.505 e. The number of aromatic nitrogens is 10. The number of nitrogens with zero attached hydrogens (tertiary/aromatic N) is 23. The van der Waals surface area contributed by atoms with E-state index < -0.39 is 33.3 Å². The van der Waals surface area contributed by atoms with E-state index in [4.69, 9.17) is 33.4 Å². The number of hydrogen-bond donors (Lipinski definition) is 8. The lowest BCUT2D eigenvalue weighted by atomic mass is 10.1. The number of aryl methyl sites for hydroxylation is 4. The summed E-state index contributed by atoms with van der Waals surface area (Å²) in [6.07, 6.45) is 1.06. The second kappa shape index (κ2) is 51.0. The summed E-state index contributed by atoms with van der Waals surface area (Å²) in [5.41, 5.74) is 22.2. The van der Waals surface area contributed by atoms with Gasteiger partial charge >= 0.3 is 5.97 Å². The minimum absolute atomic E-state index is 0.0990. The number of nitriles is 4. The van der Waals surface area contributed by atoms with Crippen molar-refractivity contribution in [3.8, 4) is 35.7 Å². The number of azo groups is 1. The molecule has 0 aliphatic carbocycles. The number of benzene rings is 5. The molecule has 0 amide bonds. The van der Waals surface area contributed by atoms with Crippen LogP contribution in [0.25, 0.3) is 22.0 Å². The van der Waals surface area contributed by atoms with E-state index in [1.165, 1.54) is 88.3 Å². The maximum absolute atomic E-state index is 12.5. The van der Waals surface area contributed by atoms with Gasteiger partial charge in [0.05, 0.1) is 40.3 Å². The fourth-order valence-electron chi connectivity index (χ4n) is 9.25. The summed E-state index contributed by atoms with van der Waals surface area (Å²) < 4.78 is 45.8. The van der Waals surface area contributed by atoms with Crippen molar-refractivity contribution in [1.82, 2.24) is 52.5 Å². The van der Waals surface area contributed by atoms with Crippen molar-refractivity contribution >= 4 is 213 Å². The first-order valence-electron chi connectivity index (χ1n) is 36.3. The molecule has 9 N–H and O–H groups in total. The van der Waals surface area contributed by atoms with Crippen LogP contribution < -0.4 is 37.6 Å². The number of sulfonamides is 1. The number of ether oxygens (including phenoxy) is 1. The number of aliphatic hydroxyl groups is 1. The molecule has 0 unspecified atom stereocenters. The van der Waals surface area contributed by atoms with Crippen molar-refractivity contribution in [1.29, 1.82) is 21.0 Å². The molecule has 0 atom stereocenters. The van der Waals surface area contributed by atoms with Gasteiger partial charge in [-0.1, -0.05) is 145 Å². The Morgan fingerprint density at radius 2 is 1.01 bits per heavy atom. The number of anilines is 6. The van der Waals surface area contributed by atoms with Crippen LogP contribution >= 0.6 is 91.5 Å².